The van der Waals surface area contributed by atoms with Gasteiger partial charge in [0.2, 0.25) is 0 Å². The van der Waals surface area contributed by atoms with Gasteiger partial charge in [-0.2, -0.15) is 0 Å². The van der Waals surface area contributed by atoms with Crippen LogP contribution in [0.25, 0.3) is 0 Å². The molecule has 0 amide bonds. The average molecular weight is 283 g/mol. The van der Waals surface area contributed by atoms with E-state index in [1.54, 1.807) is 0 Å². The maximum Gasteiger partial charge on any atom is -0.0443 e. The Morgan fingerprint density at radius 3 is 0.600 bits per heavy atom. The fraction of sp³-hybridized carbons (Fsp3) is 1.00. The molecular weight excluding hydrogens is 240 g/mol. The second-order valence-corrected chi connectivity index (χ2v) is 7.17. The molecule has 0 heterocycles. The Morgan fingerprint density at radius 2 is 0.550 bits per heavy atom. The van der Waals surface area contributed by atoms with Gasteiger partial charge >= 0.3 is 0 Å². The van der Waals surface area contributed by atoms with Crippen LogP contribution in [0.2, 0.25) is 0 Å². The molecule has 0 atom stereocenters. The van der Waals surface area contributed by atoms with Crippen LogP contribution in [-0.2, 0) is 0 Å². The van der Waals surface area contributed by atoms with E-state index < -0.39 is 0 Å². The van der Waals surface area contributed by atoms with Crippen LogP contribution in [0.3, 0.4) is 0 Å². The van der Waals surface area contributed by atoms with E-state index in [-0.39, 0.29) is 0 Å². The van der Waals surface area contributed by atoms with Gasteiger partial charge < -0.3 is 0 Å². The van der Waals surface area contributed by atoms with E-state index >= 15 is 0 Å². The molecule has 0 nitrogen and oxygen atoms in total. The third kappa shape index (κ3) is 11.8. The van der Waals surface area contributed by atoms with Crippen LogP contribution in [0.1, 0.15) is 112 Å². The molecule has 20 heavy (non-hydrogen) atoms. The largest absolute Gasteiger partial charge is 0.0683 e. The van der Waals surface area contributed by atoms with E-state index in [1.807, 2.05) is 13.8 Å². The van der Waals surface area contributed by atoms with Gasteiger partial charge in [0.25, 0.3) is 0 Å². The maximum absolute atomic E-state index is 2.34. The Balaban J connectivity index is 0.000000255. The monoisotopic (exact) mass is 282 g/mol. The van der Waals surface area contributed by atoms with Crippen molar-refractivity contribution in [3.05, 3.63) is 0 Å². The van der Waals surface area contributed by atoms with Crippen molar-refractivity contribution in [1.82, 2.24) is 0 Å². The molecule has 3 saturated carbocycles. The summed E-state index contributed by atoms with van der Waals surface area (Å²) in [5.41, 5.74) is 0. The smallest absolute Gasteiger partial charge is 0.0443 e. The topological polar surface area (TPSA) is 0 Å². The molecule has 0 aliphatic heterocycles. The van der Waals surface area contributed by atoms with Gasteiger partial charge in [0.05, 0.1) is 0 Å². The first kappa shape index (κ1) is 20.0. The van der Waals surface area contributed by atoms with Crippen LogP contribution in [0.15, 0.2) is 0 Å². The summed E-state index contributed by atoms with van der Waals surface area (Å²) < 4.78 is 0. The van der Waals surface area contributed by atoms with Crippen molar-refractivity contribution in [1.29, 1.82) is 0 Å². The Bertz CT molecular complexity index is 133. The lowest BCUT2D eigenvalue weighted by Gasteiger charge is -1.91. The third-order valence-corrected chi connectivity index (χ3v) is 4.93. The highest BCUT2D eigenvalue weighted by molar-refractivity contribution is 4.61. The minimum atomic E-state index is 1.05. The van der Waals surface area contributed by atoms with Crippen molar-refractivity contribution < 1.29 is 0 Å². The lowest BCUT2D eigenvalue weighted by molar-refractivity contribution is 0.612. The minimum Gasteiger partial charge on any atom is -0.0683 e. The Kier molecular flexibility index (Phi) is 14.0. The predicted octanol–water partition coefficient (Wildman–Crippen LogP) is 7.62. The first-order chi connectivity index (χ1) is 9.68. The maximum atomic E-state index is 2.34. The Hall–Kier alpha value is 0. The summed E-state index contributed by atoms with van der Waals surface area (Å²) in [7, 11) is 0. The highest BCUT2D eigenvalue weighted by Gasteiger charge is 2.08. The molecule has 3 aliphatic rings. The lowest BCUT2D eigenvalue weighted by Crippen LogP contribution is -1.78. The normalized spacial score (nSPS) is 23.2. The molecule has 3 aliphatic carbocycles. The summed E-state index contributed by atoms with van der Waals surface area (Å²) in [5.74, 6) is 3.14. The molecule has 0 unspecified atom stereocenters. The summed E-state index contributed by atoms with van der Waals surface area (Å²) in [6.45, 7) is 11.0. The molecule has 0 saturated heterocycles. The van der Waals surface area contributed by atoms with Crippen LogP contribution >= 0.6 is 0 Å². The van der Waals surface area contributed by atoms with Gasteiger partial charge in [-0.05, 0) is 17.8 Å². The number of hydrogen-bond donors (Lipinski definition) is 0. The molecule has 3 rings (SSSR count). The average Bonchev–Trinajstić information content (AvgIpc) is 3.19. The van der Waals surface area contributed by atoms with E-state index in [2.05, 4.69) is 20.8 Å². The standard InChI is InChI=1S/3C6H12.C2H6/c3*1-6-4-2-3-5-6;1-2/h3*6H,2-5H2,1H3;1-2H3. The lowest BCUT2D eigenvalue weighted by atomic mass is 10.2. The molecule has 0 aromatic rings. The highest BCUT2D eigenvalue weighted by atomic mass is 14.1. The summed E-state index contributed by atoms with van der Waals surface area (Å²) in [5, 5.41) is 0. The van der Waals surface area contributed by atoms with Gasteiger partial charge in [-0.15, -0.1) is 0 Å². The van der Waals surface area contributed by atoms with Crippen molar-refractivity contribution >= 4 is 0 Å². The number of rotatable bonds is 0. The molecule has 122 valence electrons. The zero-order chi connectivity index (χ0) is 15.2. The van der Waals surface area contributed by atoms with Crippen LogP contribution in [0.4, 0.5) is 0 Å². The third-order valence-electron chi connectivity index (χ3n) is 4.93. The first-order valence-electron chi connectivity index (χ1n) is 9.68. The van der Waals surface area contributed by atoms with Gasteiger partial charge in [-0.3, -0.25) is 0 Å². The van der Waals surface area contributed by atoms with E-state index in [4.69, 9.17) is 0 Å². The van der Waals surface area contributed by atoms with Crippen LogP contribution in [0.5, 0.6) is 0 Å². The fourth-order valence-corrected chi connectivity index (χ4v) is 3.39. The van der Waals surface area contributed by atoms with Gasteiger partial charge in [0, 0.05) is 0 Å². The molecule has 0 bridgehead atoms. The van der Waals surface area contributed by atoms with Crippen molar-refractivity contribution in [2.75, 3.05) is 0 Å². The van der Waals surface area contributed by atoms with Crippen LogP contribution in [0, 0.1) is 17.8 Å². The second-order valence-electron chi connectivity index (χ2n) is 7.17. The van der Waals surface area contributed by atoms with E-state index in [0.29, 0.717) is 0 Å². The minimum absolute atomic E-state index is 1.05. The molecule has 0 radical (unpaired) electrons. The molecule has 0 spiro atoms. The van der Waals surface area contributed by atoms with E-state index in [0.717, 1.165) is 17.8 Å². The van der Waals surface area contributed by atoms with E-state index in [1.165, 1.54) is 77.0 Å². The van der Waals surface area contributed by atoms with Gasteiger partial charge in [-0.1, -0.05) is 112 Å². The summed E-state index contributed by atoms with van der Waals surface area (Å²) in [4.78, 5) is 0. The van der Waals surface area contributed by atoms with Crippen molar-refractivity contribution in [2.45, 2.75) is 112 Å². The van der Waals surface area contributed by atoms with Crippen molar-refractivity contribution in [3.63, 3.8) is 0 Å². The van der Waals surface area contributed by atoms with Gasteiger partial charge in [0.15, 0.2) is 0 Å². The number of hydrogen-bond acceptors (Lipinski definition) is 0. The summed E-state index contributed by atoms with van der Waals surface area (Å²) in [6.07, 6.45) is 17.8. The SMILES string of the molecule is CC.CC1CCCC1.CC1CCCC1.CC1CCCC1. The van der Waals surface area contributed by atoms with Crippen LogP contribution < -0.4 is 0 Å². The zero-order valence-electron chi connectivity index (χ0n) is 15.2. The zero-order valence-corrected chi connectivity index (χ0v) is 15.2. The predicted molar refractivity (Wildman–Crippen MR) is 94.2 cm³/mol. The Morgan fingerprint density at radius 1 is 0.400 bits per heavy atom. The van der Waals surface area contributed by atoms with E-state index in [9.17, 15) is 0 Å². The fourth-order valence-electron chi connectivity index (χ4n) is 3.39. The highest BCUT2D eigenvalue weighted by Crippen LogP contribution is 2.24. The summed E-state index contributed by atoms with van der Waals surface area (Å²) >= 11 is 0. The molecule has 0 aromatic carbocycles. The molecular formula is C20H42. The van der Waals surface area contributed by atoms with Crippen LogP contribution in [-0.4, -0.2) is 0 Å². The quantitative estimate of drug-likeness (QED) is 0.428. The molecule has 3 fully saturated rings. The van der Waals surface area contributed by atoms with Crippen molar-refractivity contribution in [3.8, 4) is 0 Å². The molecule has 0 N–H and O–H groups in total. The second kappa shape index (κ2) is 14.0. The van der Waals surface area contributed by atoms with Gasteiger partial charge in [0.1, 0.15) is 0 Å². The first-order valence-corrected chi connectivity index (χ1v) is 9.68. The molecule has 0 heteroatoms. The molecule has 0 aromatic heterocycles. The summed E-state index contributed by atoms with van der Waals surface area (Å²) in [6, 6.07) is 0. The van der Waals surface area contributed by atoms with Gasteiger partial charge in [-0.25, -0.2) is 0 Å². The van der Waals surface area contributed by atoms with Crippen molar-refractivity contribution in [2.24, 2.45) is 17.8 Å². The Labute approximate surface area is 130 Å².